The molecular weight excluding hydrogens is 246 g/mol. The monoisotopic (exact) mass is 261 g/mol. The van der Waals surface area contributed by atoms with Crippen LogP contribution in [0, 0.1) is 0 Å². The van der Waals surface area contributed by atoms with E-state index in [1.165, 1.54) is 5.56 Å². The summed E-state index contributed by atoms with van der Waals surface area (Å²) in [5.41, 5.74) is 8.47. The number of rotatable bonds is 4. The molecule has 0 radical (unpaired) electrons. The summed E-state index contributed by atoms with van der Waals surface area (Å²) in [6, 6.07) is 15.6. The largest absolute Gasteiger partial charge is 0.497 e. The van der Waals surface area contributed by atoms with Crippen LogP contribution in [0.15, 0.2) is 48.5 Å². The Morgan fingerprint density at radius 1 is 1.06 bits per heavy atom. The topological polar surface area (TPSA) is 35.2 Å². The molecule has 0 aliphatic heterocycles. The predicted octanol–water partition coefficient (Wildman–Crippen LogP) is 3.59. The molecule has 2 N–H and O–H groups in total. The minimum Gasteiger partial charge on any atom is -0.497 e. The number of halogens is 1. The molecule has 0 aliphatic carbocycles. The van der Waals surface area contributed by atoms with Gasteiger partial charge in [-0.15, -0.1) is 0 Å². The Kier molecular flexibility index (Phi) is 4.24. The number of methoxy groups -OCH3 is 1. The van der Waals surface area contributed by atoms with Crippen molar-refractivity contribution < 1.29 is 4.74 Å². The van der Waals surface area contributed by atoms with Crippen molar-refractivity contribution >= 4 is 11.6 Å². The van der Waals surface area contributed by atoms with Gasteiger partial charge in [0.1, 0.15) is 5.75 Å². The molecule has 0 amide bonds. The number of hydrogen-bond donors (Lipinski definition) is 1. The summed E-state index contributed by atoms with van der Waals surface area (Å²) in [4.78, 5) is 0. The van der Waals surface area contributed by atoms with E-state index in [0.29, 0.717) is 0 Å². The van der Waals surface area contributed by atoms with E-state index >= 15 is 0 Å². The quantitative estimate of drug-likeness (QED) is 0.913. The maximum atomic E-state index is 6.18. The van der Waals surface area contributed by atoms with Crippen LogP contribution in [0.2, 0.25) is 5.02 Å². The van der Waals surface area contributed by atoms with Crippen molar-refractivity contribution in [2.75, 3.05) is 7.11 Å². The van der Waals surface area contributed by atoms with E-state index in [2.05, 4.69) is 0 Å². The third-order valence-corrected chi connectivity index (χ3v) is 3.16. The van der Waals surface area contributed by atoms with Crippen molar-refractivity contribution in [3.63, 3.8) is 0 Å². The number of nitrogens with two attached hydrogens (primary N) is 1. The third kappa shape index (κ3) is 3.25. The average Bonchev–Trinajstić information content (AvgIpc) is 2.41. The Morgan fingerprint density at radius 3 is 2.22 bits per heavy atom. The summed E-state index contributed by atoms with van der Waals surface area (Å²) in [6.45, 7) is 0. The highest BCUT2D eigenvalue weighted by atomic mass is 35.5. The first kappa shape index (κ1) is 12.9. The predicted molar refractivity (Wildman–Crippen MR) is 75.1 cm³/mol. The van der Waals surface area contributed by atoms with E-state index in [-0.39, 0.29) is 6.04 Å². The second-order valence-electron chi connectivity index (χ2n) is 4.21. The number of ether oxygens (including phenoxy) is 1. The molecule has 0 spiro atoms. The zero-order valence-electron chi connectivity index (χ0n) is 10.3. The number of hydrogen-bond acceptors (Lipinski definition) is 2. The molecule has 0 fully saturated rings. The van der Waals surface area contributed by atoms with Gasteiger partial charge in [-0.2, -0.15) is 0 Å². The lowest BCUT2D eigenvalue weighted by Gasteiger charge is -2.12. The van der Waals surface area contributed by atoms with Crippen LogP contribution in [0.5, 0.6) is 5.75 Å². The molecule has 0 aliphatic rings. The van der Waals surface area contributed by atoms with E-state index < -0.39 is 0 Å². The highest BCUT2D eigenvalue weighted by Crippen LogP contribution is 2.20. The van der Waals surface area contributed by atoms with E-state index in [1.54, 1.807) is 7.11 Å². The highest BCUT2D eigenvalue weighted by molar-refractivity contribution is 6.30. The molecule has 2 aromatic rings. The van der Waals surface area contributed by atoms with Gasteiger partial charge in [-0.1, -0.05) is 35.9 Å². The average molecular weight is 262 g/mol. The summed E-state index contributed by atoms with van der Waals surface area (Å²) < 4.78 is 5.12. The Labute approximate surface area is 112 Å². The van der Waals surface area contributed by atoms with Crippen molar-refractivity contribution in [1.29, 1.82) is 0 Å². The van der Waals surface area contributed by atoms with E-state index in [4.69, 9.17) is 22.1 Å². The standard InChI is InChI=1S/C15H16ClNO/c1-18-14-8-4-12(5-9-14)15(17)10-11-2-6-13(16)7-3-11/h2-9,15H,10,17H2,1H3/t15-/m0/s1. The van der Waals surface area contributed by atoms with Crippen LogP contribution in [-0.2, 0) is 6.42 Å². The summed E-state index contributed by atoms with van der Waals surface area (Å²) >= 11 is 5.85. The zero-order valence-corrected chi connectivity index (χ0v) is 11.0. The van der Waals surface area contributed by atoms with E-state index in [1.807, 2.05) is 48.5 Å². The normalized spacial score (nSPS) is 12.2. The smallest absolute Gasteiger partial charge is 0.118 e. The van der Waals surface area contributed by atoms with Crippen molar-refractivity contribution in [3.8, 4) is 5.75 Å². The molecule has 0 unspecified atom stereocenters. The third-order valence-electron chi connectivity index (χ3n) is 2.91. The van der Waals surface area contributed by atoms with Crippen molar-refractivity contribution in [1.82, 2.24) is 0 Å². The van der Waals surface area contributed by atoms with Crippen LogP contribution in [-0.4, -0.2) is 7.11 Å². The molecule has 2 rings (SSSR count). The Hall–Kier alpha value is -1.51. The van der Waals surface area contributed by atoms with Gasteiger partial charge in [-0.05, 0) is 41.8 Å². The fourth-order valence-corrected chi connectivity index (χ4v) is 1.97. The first-order chi connectivity index (χ1) is 8.69. The lowest BCUT2D eigenvalue weighted by Crippen LogP contribution is -2.13. The molecule has 0 saturated heterocycles. The highest BCUT2D eigenvalue weighted by Gasteiger charge is 2.07. The molecule has 0 bridgehead atoms. The maximum Gasteiger partial charge on any atom is 0.118 e. The van der Waals surface area contributed by atoms with Gasteiger partial charge in [-0.3, -0.25) is 0 Å². The molecule has 94 valence electrons. The van der Waals surface area contributed by atoms with Crippen molar-refractivity contribution in [3.05, 3.63) is 64.7 Å². The van der Waals surface area contributed by atoms with Gasteiger partial charge in [0.15, 0.2) is 0 Å². The molecular formula is C15H16ClNO. The lowest BCUT2D eigenvalue weighted by molar-refractivity contribution is 0.414. The molecule has 3 heteroatoms. The molecule has 2 aromatic carbocycles. The molecule has 0 aromatic heterocycles. The fraction of sp³-hybridized carbons (Fsp3) is 0.200. The van der Waals surface area contributed by atoms with Crippen LogP contribution in [0.3, 0.4) is 0 Å². The van der Waals surface area contributed by atoms with Crippen molar-refractivity contribution in [2.45, 2.75) is 12.5 Å². The number of benzene rings is 2. The van der Waals surface area contributed by atoms with E-state index in [0.717, 1.165) is 22.8 Å². The Bertz CT molecular complexity index is 493. The van der Waals surface area contributed by atoms with Gasteiger partial charge >= 0.3 is 0 Å². The summed E-state index contributed by atoms with van der Waals surface area (Å²) in [6.07, 6.45) is 0.795. The van der Waals surface area contributed by atoms with Crippen LogP contribution in [0.1, 0.15) is 17.2 Å². The van der Waals surface area contributed by atoms with Gasteiger partial charge in [0.25, 0.3) is 0 Å². The zero-order chi connectivity index (χ0) is 13.0. The fourth-order valence-electron chi connectivity index (χ4n) is 1.84. The lowest BCUT2D eigenvalue weighted by atomic mass is 10.00. The van der Waals surface area contributed by atoms with Crippen LogP contribution in [0.25, 0.3) is 0 Å². The molecule has 18 heavy (non-hydrogen) atoms. The second kappa shape index (κ2) is 5.89. The van der Waals surface area contributed by atoms with Crippen LogP contribution in [0.4, 0.5) is 0 Å². The van der Waals surface area contributed by atoms with E-state index in [9.17, 15) is 0 Å². The van der Waals surface area contributed by atoms with Crippen LogP contribution < -0.4 is 10.5 Å². The molecule has 0 saturated carbocycles. The maximum absolute atomic E-state index is 6.18. The van der Waals surface area contributed by atoms with Gasteiger partial charge < -0.3 is 10.5 Å². The minimum atomic E-state index is -0.0166. The summed E-state index contributed by atoms with van der Waals surface area (Å²) in [7, 11) is 1.66. The van der Waals surface area contributed by atoms with Gasteiger partial charge in [0, 0.05) is 11.1 Å². The molecule has 2 nitrogen and oxygen atoms in total. The molecule has 0 heterocycles. The summed E-state index contributed by atoms with van der Waals surface area (Å²) in [5, 5.41) is 0.747. The van der Waals surface area contributed by atoms with Crippen LogP contribution >= 0.6 is 11.6 Å². The minimum absolute atomic E-state index is 0.0166. The SMILES string of the molecule is COc1ccc([C@@H](N)Cc2ccc(Cl)cc2)cc1. The first-order valence-corrected chi connectivity index (χ1v) is 6.21. The van der Waals surface area contributed by atoms with Crippen molar-refractivity contribution in [2.24, 2.45) is 5.73 Å². The van der Waals surface area contributed by atoms with Gasteiger partial charge in [-0.25, -0.2) is 0 Å². The Balaban J connectivity index is 2.06. The van der Waals surface area contributed by atoms with Gasteiger partial charge in [0.05, 0.1) is 7.11 Å². The second-order valence-corrected chi connectivity index (χ2v) is 4.65. The molecule has 1 atom stereocenters. The van der Waals surface area contributed by atoms with Gasteiger partial charge in [0.2, 0.25) is 0 Å². The first-order valence-electron chi connectivity index (χ1n) is 5.83. The summed E-state index contributed by atoms with van der Waals surface area (Å²) in [5.74, 6) is 0.845. The Morgan fingerprint density at radius 2 is 1.67 bits per heavy atom.